The maximum atomic E-state index is 13.2. The van der Waals surface area contributed by atoms with Gasteiger partial charge in [0.05, 0.1) is 30.3 Å². The number of halogens is 1. The van der Waals surface area contributed by atoms with E-state index < -0.39 is 17.9 Å². The maximum Gasteiger partial charge on any atom is 0.336 e. The van der Waals surface area contributed by atoms with Crippen LogP contribution < -0.4 is 4.90 Å². The highest BCUT2D eigenvalue weighted by atomic mass is 35.5. The number of nitrogens with zero attached hydrogens (tertiary/aromatic N) is 1. The van der Waals surface area contributed by atoms with Gasteiger partial charge in [0.1, 0.15) is 0 Å². The molecule has 0 atom stereocenters. The molecule has 5 nitrogen and oxygen atoms in total. The van der Waals surface area contributed by atoms with E-state index in [1.54, 1.807) is 26.0 Å². The average Bonchev–Trinajstić information content (AvgIpc) is 2.74. The van der Waals surface area contributed by atoms with Gasteiger partial charge in [-0.2, -0.15) is 0 Å². The summed E-state index contributed by atoms with van der Waals surface area (Å²) in [4.78, 5) is 28.4. The number of carbonyl (C=O) groups is 2. The summed E-state index contributed by atoms with van der Waals surface area (Å²) in [7, 11) is 0. The SMILES string of the molecule is CCOC(=O)C1=C(C)N(c2cccc(C)c2)C(C)=C(C(=O)OCC)C1c1ccc(Cl)cc1. The van der Waals surface area contributed by atoms with Crippen LogP contribution in [0.4, 0.5) is 5.69 Å². The van der Waals surface area contributed by atoms with E-state index >= 15 is 0 Å². The van der Waals surface area contributed by atoms with Crippen LogP contribution in [0.25, 0.3) is 0 Å². The molecule has 0 N–H and O–H groups in total. The number of allylic oxidation sites excluding steroid dienone is 2. The number of hydrogen-bond acceptors (Lipinski definition) is 5. The highest BCUT2D eigenvalue weighted by molar-refractivity contribution is 6.30. The fourth-order valence-corrected chi connectivity index (χ4v) is 4.27. The van der Waals surface area contributed by atoms with Gasteiger partial charge in [0.15, 0.2) is 0 Å². The predicted octanol–water partition coefficient (Wildman–Crippen LogP) is 5.93. The number of carbonyl (C=O) groups excluding carboxylic acids is 2. The molecule has 0 aromatic heterocycles. The molecule has 0 bridgehead atoms. The largest absolute Gasteiger partial charge is 0.463 e. The first-order valence-electron chi connectivity index (χ1n) is 10.7. The van der Waals surface area contributed by atoms with Crippen molar-refractivity contribution in [2.45, 2.75) is 40.5 Å². The Morgan fingerprint density at radius 2 is 1.41 bits per heavy atom. The molecule has 0 unspecified atom stereocenters. The summed E-state index contributed by atoms with van der Waals surface area (Å²) >= 11 is 6.11. The molecule has 168 valence electrons. The van der Waals surface area contributed by atoms with Crippen LogP contribution in [-0.2, 0) is 19.1 Å². The Morgan fingerprint density at radius 1 is 0.875 bits per heavy atom. The molecule has 6 heteroatoms. The van der Waals surface area contributed by atoms with Gasteiger partial charge >= 0.3 is 11.9 Å². The summed E-state index contributed by atoms with van der Waals surface area (Å²) in [5, 5.41) is 0.572. The van der Waals surface area contributed by atoms with Crippen molar-refractivity contribution >= 4 is 29.2 Å². The van der Waals surface area contributed by atoms with Crippen molar-refractivity contribution in [3.05, 3.63) is 87.2 Å². The minimum Gasteiger partial charge on any atom is -0.463 e. The van der Waals surface area contributed by atoms with E-state index in [1.165, 1.54) is 0 Å². The van der Waals surface area contributed by atoms with Crippen LogP contribution in [0.3, 0.4) is 0 Å². The minimum atomic E-state index is -0.633. The second-order valence-corrected chi connectivity index (χ2v) is 8.03. The topological polar surface area (TPSA) is 55.8 Å². The molecule has 0 amide bonds. The van der Waals surface area contributed by atoms with Crippen LogP contribution in [0.5, 0.6) is 0 Å². The van der Waals surface area contributed by atoms with Crippen LogP contribution in [0.1, 0.15) is 44.7 Å². The van der Waals surface area contributed by atoms with E-state index in [2.05, 4.69) is 0 Å². The first-order chi connectivity index (χ1) is 15.3. The molecule has 2 aromatic carbocycles. The smallest absolute Gasteiger partial charge is 0.336 e. The molecule has 1 heterocycles. The first kappa shape index (κ1) is 23.6. The fraction of sp³-hybridized carbons (Fsp3) is 0.308. The summed E-state index contributed by atoms with van der Waals surface area (Å²) in [5.41, 5.74) is 4.92. The lowest BCUT2D eigenvalue weighted by Gasteiger charge is -2.38. The quantitative estimate of drug-likeness (QED) is 0.507. The summed E-state index contributed by atoms with van der Waals surface area (Å²) in [5.74, 6) is -1.56. The van der Waals surface area contributed by atoms with Crippen molar-refractivity contribution in [1.82, 2.24) is 0 Å². The Morgan fingerprint density at radius 3 is 1.88 bits per heavy atom. The normalized spacial score (nSPS) is 14.6. The number of rotatable bonds is 6. The van der Waals surface area contributed by atoms with E-state index in [-0.39, 0.29) is 13.2 Å². The molecule has 1 aliphatic rings. The Bertz CT molecular complexity index is 1040. The number of hydrogen-bond donors (Lipinski definition) is 0. The zero-order valence-electron chi connectivity index (χ0n) is 19.1. The highest BCUT2D eigenvalue weighted by Crippen LogP contribution is 2.44. The maximum absolute atomic E-state index is 13.2. The number of ether oxygens (including phenoxy) is 2. The number of esters is 2. The summed E-state index contributed by atoms with van der Waals surface area (Å²) in [6, 6.07) is 15.1. The zero-order valence-corrected chi connectivity index (χ0v) is 19.8. The van der Waals surface area contributed by atoms with Gasteiger partial charge in [-0.25, -0.2) is 9.59 Å². The molecule has 0 radical (unpaired) electrons. The van der Waals surface area contributed by atoms with Gasteiger partial charge in [0.25, 0.3) is 0 Å². The van der Waals surface area contributed by atoms with Gasteiger partial charge in [-0.1, -0.05) is 35.9 Å². The van der Waals surface area contributed by atoms with Gasteiger partial charge in [-0.3, -0.25) is 0 Å². The van der Waals surface area contributed by atoms with Gasteiger partial charge < -0.3 is 14.4 Å². The molecule has 2 aromatic rings. The number of aryl methyl sites for hydroxylation is 1. The van der Waals surface area contributed by atoms with E-state index in [0.29, 0.717) is 27.6 Å². The van der Waals surface area contributed by atoms with Crippen LogP contribution in [0.15, 0.2) is 71.1 Å². The molecule has 0 aliphatic carbocycles. The van der Waals surface area contributed by atoms with Crippen molar-refractivity contribution in [1.29, 1.82) is 0 Å². The Labute approximate surface area is 194 Å². The van der Waals surface area contributed by atoms with Gasteiger partial charge in [0.2, 0.25) is 0 Å². The van der Waals surface area contributed by atoms with E-state index in [9.17, 15) is 9.59 Å². The van der Waals surface area contributed by atoms with E-state index in [1.807, 2.05) is 62.1 Å². The standard InChI is InChI=1S/C26H28ClNO4/c1-6-31-25(29)22-17(4)28(21-10-8-9-16(3)15-21)18(5)23(26(30)32-7-2)24(22)19-11-13-20(27)14-12-19/h8-15,24H,6-7H2,1-5H3. The minimum absolute atomic E-state index is 0.227. The van der Waals surface area contributed by atoms with E-state index in [0.717, 1.165) is 16.8 Å². The monoisotopic (exact) mass is 453 g/mol. The molecule has 32 heavy (non-hydrogen) atoms. The van der Waals surface area contributed by atoms with Crippen LogP contribution in [0.2, 0.25) is 5.02 Å². The lowest BCUT2D eigenvalue weighted by Crippen LogP contribution is -2.35. The molecule has 1 aliphatic heterocycles. The fourth-order valence-electron chi connectivity index (χ4n) is 4.15. The first-order valence-corrected chi connectivity index (χ1v) is 11.1. The van der Waals surface area contributed by atoms with Gasteiger partial charge in [-0.05, 0) is 70.0 Å². The molecule has 3 rings (SSSR count). The molecule has 0 fully saturated rings. The van der Waals surface area contributed by atoms with Crippen molar-refractivity contribution in [2.24, 2.45) is 0 Å². The molecule has 0 spiro atoms. The predicted molar refractivity (Wildman–Crippen MR) is 127 cm³/mol. The molecule has 0 saturated carbocycles. The van der Waals surface area contributed by atoms with Gasteiger partial charge in [0, 0.05) is 22.1 Å². The third-order valence-electron chi connectivity index (χ3n) is 5.48. The number of anilines is 1. The Kier molecular flexibility index (Phi) is 7.41. The van der Waals surface area contributed by atoms with Crippen LogP contribution in [-0.4, -0.2) is 25.2 Å². The van der Waals surface area contributed by atoms with Crippen molar-refractivity contribution < 1.29 is 19.1 Å². The highest BCUT2D eigenvalue weighted by Gasteiger charge is 2.41. The lowest BCUT2D eigenvalue weighted by atomic mass is 9.79. The third kappa shape index (κ3) is 4.58. The lowest BCUT2D eigenvalue weighted by molar-refractivity contribution is -0.139. The number of benzene rings is 2. The second kappa shape index (κ2) is 10.0. The van der Waals surface area contributed by atoms with Crippen molar-refractivity contribution in [2.75, 3.05) is 18.1 Å². The van der Waals surface area contributed by atoms with Gasteiger partial charge in [-0.15, -0.1) is 0 Å². The zero-order chi connectivity index (χ0) is 23.4. The molecular weight excluding hydrogens is 426 g/mol. The summed E-state index contributed by atoms with van der Waals surface area (Å²) in [6.45, 7) is 9.74. The van der Waals surface area contributed by atoms with Crippen LogP contribution in [0, 0.1) is 6.92 Å². The van der Waals surface area contributed by atoms with E-state index in [4.69, 9.17) is 21.1 Å². The van der Waals surface area contributed by atoms with Crippen molar-refractivity contribution in [3.63, 3.8) is 0 Å². The third-order valence-corrected chi connectivity index (χ3v) is 5.73. The molecule has 0 saturated heterocycles. The molecular formula is C26H28ClNO4. The average molecular weight is 454 g/mol. The Balaban J connectivity index is 2.32. The van der Waals surface area contributed by atoms with Crippen LogP contribution >= 0.6 is 11.6 Å². The summed E-state index contributed by atoms with van der Waals surface area (Å²) in [6.07, 6.45) is 0. The second-order valence-electron chi connectivity index (χ2n) is 7.60. The Hall–Kier alpha value is -3.05. The van der Waals surface area contributed by atoms with Crippen molar-refractivity contribution in [3.8, 4) is 0 Å². The summed E-state index contributed by atoms with van der Waals surface area (Å²) < 4.78 is 10.9.